The van der Waals surface area contributed by atoms with Crippen LogP contribution in [0.4, 0.5) is 0 Å². The van der Waals surface area contributed by atoms with Crippen molar-refractivity contribution in [1.82, 2.24) is 14.9 Å². The Kier molecular flexibility index (Phi) is 2.30. The van der Waals surface area contributed by atoms with E-state index >= 15 is 0 Å². The monoisotopic (exact) mass is 221 g/mol. The summed E-state index contributed by atoms with van der Waals surface area (Å²) in [4.78, 5) is 4.31. The van der Waals surface area contributed by atoms with Crippen LogP contribution in [0.25, 0.3) is 0 Å². The number of piperidine rings is 1. The molecule has 1 aromatic heterocycles. The molecular weight excluding hydrogens is 202 g/mol. The molecule has 2 N–H and O–H groups in total. The highest BCUT2D eigenvalue weighted by atomic mass is 16.3. The number of nitrogens with zero attached hydrogens (tertiary/aromatic N) is 2. The number of hydrogen-bond acceptors (Lipinski definition) is 3. The predicted molar refractivity (Wildman–Crippen MR) is 61.0 cm³/mol. The lowest BCUT2D eigenvalue weighted by molar-refractivity contribution is -0.00818. The maximum atomic E-state index is 10.7. The molecule has 2 fully saturated rings. The Morgan fingerprint density at radius 1 is 1.50 bits per heavy atom. The van der Waals surface area contributed by atoms with Crippen molar-refractivity contribution in [1.29, 1.82) is 0 Å². The molecule has 3 heterocycles. The van der Waals surface area contributed by atoms with Gasteiger partial charge in [-0.15, -0.1) is 0 Å². The molecule has 2 aliphatic heterocycles. The summed E-state index contributed by atoms with van der Waals surface area (Å²) < 4.78 is 2.00. The summed E-state index contributed by atoms with van der Waals surface area (Å²) in [7, 11) is 1.99. The van der Waals surface area contributed by atoms with Gasteiger partial charge in [0.15, 0.2) is 0 Å². The van der Waals surface area contributed by atoms with Crippen molar-refractivity contribution in [2.24, 2.45) is 7.05 Å². The topological polar surface area (TPSA) is 50.1 Å². The SMILES string of the molecule is Cn1ccnc1CC1(O)CC2CCC(C1)N2. The van der Waals surface area contributed by atoms with E-state index in [1.165, 1.54) is 12.8 Å². The fourth-order valence-electron chi connectivity index (χ4n) is 3.23. The van der Waals surface area contributed by atoms with Gasteiger partial charge in [0.2, 0.25) is 0 Å². The van der Waals surface area contributed by atoms with Crippen molar-refractivity contribution in [3.8, 4) is 0 Å². The summed E-state index contributed by atoms with van der Waals surface area (Å²) >= 11 is 0. The number of imidazole rings is 1. The molecule has 4 heteroatoms. The van der Waals surface area contributed by atoms with E-state index in [9.17, 15) is 5.11 Å². The molecule has 2 aliphatic rings. The van der Waals surface area contributed by atoms with Crippen LogP contribution >= 0.6 is 0 Å². The lowest BCUT2D eigenvalue weighted by Crippen LogP contribution is -2.49. The standard InChI is InChI=1S/C12H19N3O/c1-15-5-4-13-11(15)8-12(16)6-9-2-3-10(7-12)14-9/h4-5,9-10,14,16H,2-3,6-8H2,1H3. The molecule has 0 saturated carbocycles. The van der Waals surface area contributed by atoms with Crippen LogP contribution in [-0.4, -0.2) is 32.3 Å². The van der Waals surface area contributed by atoms with Crippen LogP contribution in [-0.2, 0) is 13.5 Å². The van der Waals surface area contributed by atoms with Gasteiger partial charge in [-0.1, -0.05) is 0 Å². The predicted octanol–water partition coefficient (Wildman–Crippen LogP) is 0.608. The maximum absolute atomic E-state index is 10.7. The van der Waals surface area contributed by atoms with E-state index in [0.717, 1.165) is 18.7 Å². The van der Waals surface area contributed by atoms with Gasteiger partial charge in [0.1, 0.15) is 5.82 Å². The second-order valence-electron chi connectivity index (χ2n) is 5.40. The number of fused-ring (bicyclic) bond motifs is 2. The average Bonchev–Trinajstić information content (AvgIpc) is 2.74. The number of nitrogens with one attached hydrogen (secondary N) is 1. The van der Waals surface area contributed by atoms with Gasteiger partial charge >= 0.3 is 0 Å². The van der Waals surface area contributed by atoms with E-state index in [0.29, 0.717) is 18.5 Å². The molecule has 88 valence electrons. The molecule has 2 unspecified atom stereocenters. The van der Waals surface area contributed by atoms with E-state index in [1.54, 1.807) is 6.20 Å². The van der Waals surface area contributed by atoms with Gasteiger partial charge in [-0.05, 0) is 25.7 Å². The summed E-state index contributed by atoms with van der Waals surface area (Å²) in [5, 5.41) is 14.2. The molecule has 16 heavy (non-hydrogen) atoms. The summed E-state index contributed by atoms with van der Waals surface area (Å²) in [6.45, 7) is 0. The van der Waals surface area contributed by atoms with Crippen molar-refractivity contribution >= 4 is 0 Å². The zero-order valence-electron chi connectivity index (χ0n) is 9.69. The highest BCUT2D eigenvalue weighted by Gasteiger charge is 2.42. The largest absolute Gasteiger partial charge is 0.389 e. The van der Waals surface area contributed by atoms with E-state index in [-0.39, 0.29) is 0 Å². The molecule has 3 rings (SSSR count). The molecule has 0 spiro atoms. The Balaban J connectivity index is 1.76. The van der Waals surface area contributed by atoms with Crippen LogP contribution < -0.4 is 5.32 Å². The number of hydrogen-bond donors (Lipinski definition) is 2. The Morgan fingerprint density at radius 2 is 2.19 bits per heavy atom. The minimum absolute atomic E-state index is 0.518. The van der Waals surface area contributed by atoms with Crippen molar-refractivity contribution in [2.75, 3.05) is 0 Å². The van der Waals surface area contributed by atoms with Crippen LogP contribution in [0.3, 0.4) is 0 Å². The molecule has 0 amide bonds. The number of aromatic nitrogens is 2. The second-order valence-corrected chi connectivity index (χ2v) is 5.40. The zero-order valence-corrected chi connectivity index (χ0v) is 9.69. The summed E-state index contributed by atoms with van der Waals surface area (Å²) in [6, 6.07) is 1.04. The van der Waals surface area contributed by atoms with Crippen LogP contribution in [0.5, 0.6) is 0 Å². The van der Waals surface area contributed by atoms with Crippen LogP contribution in [0.1, 0.15) is 31.5 Å². The molecule has 4 nitrogen and oxygen atoms in total. The molecule has 2 saturated heterocycles. The van der Waals surface area contributed by atoms with Crippen molar-refractivity contribution in [3.05, 3.63) is 18.2 Å². The van der Waals surface area contributed by atoms with Gasteiger partial charge in [-0.3, -0.25) is 0 Å². The average molecular weight is 221 g/mol. The first-order valence-electron chi connectivity index (χ1n) is 6.09. The van der Waals surface area contributed by atoms with Gasteiger partial charge in [0.25, 0.3) is 0 Å². The smallest absolute Gasteiger partial charge is 0.111 e. The first kappa shape index (κ1) is 10.3. The maximum Gasteiger partial charge on any atom is 0.111 e. The minimum Gasteiger partial charge on any atom is -0.389 e. The fraction of sp³-hybridized carbons (Fsp3) is 0.750. The molecule has 0 aromatic carbocycles. The summed E-state index contributed by atoms with van der Waals surface area (Å²) in [6.07, 6.45) is 8.60. The van der Waals surface area contributed by atoms with Gasteiger partial charge in [-0.25, -0.2) is 4.98 Å². The first-order valence-corrected chi connectivity index (χ1v) is 6.09. The van der Waals surface area contributed by atoms with Crippen molar-refractivity contribution in [2.45, 2.75) is 49.8 Å². The Hall–Kier alpha value is -0.870. The highest BCUT2D eigenvalue weighted by Crippen LogP contribution is 2.35. The van der Waals surface area contributed by atoms with Gasteiger partial charge in [-0.2, -0.15) is 0 Å². The van der Waals surface area contributed by atoms with Crippen LogP contribution in [0.2, 0.25) is 0 Å². The Morgan fingerprint density at radius 3 is 2.75 bits per heavy atom. The number of rotatable bonds is 2. The Bertz CT molecular complexity index is 375. The number of aliphatic hydroxyl groups is 1. The highest BCUT2D eigenvalue weighted by molar-refractivity contribution is 5.05. The molecule has 0 radical (unpaired) electrons. The quantitative estimate of drug-likeness (QED) is 0.769. The summed E-state index contributed by atoms with van der Waals surface area (Å²) in [5.74, 6) is 0.990. The van der Waals surface area contributed by atoms with E-state index in [1.807, 2.05) is 17.8 Å². The molecule has 2 bridgehead atoms. The molecule has 2 atom stereocenters. The lowest BCUT2D eigenvalue weighted by atomic mass is 9.84. The fourth-order valence-corrected chi connectivity index (χ4v) is 3.23. The summed E-state index contributed by atoms with van der Waals surface area (Å²) in [5.41, 5.74) is -0.545. The number of aryl methyl sites for hydroxylation is 1. The van der Waals surface area contributed by atoms with Gasteiger partial charge in [0, 0.05) is 37.9 Å². The van der Waals surface area contributed by atoms with Gasteiger partial charge < -0.3 is 15.0 Å². The zero-order chi connectivity index (χ0) is 11.2. The van der Waals surface area contributed by atoms with Crippen molar-refractivity contribution < 1.29 is 5.11 Å². The van der Waals surface area contributed by atoms with Crippen molar-refractivity contribution in [3.63, 3.8) is 0 Å². The Labute approximate surface area is 95.7 Å². The van der Waals surface area contributed by atoms with Crippen LogP contribution in [0, 0.1) is 0 Å². The third kappa shape index (κ3) is 1.76. The second kappa shape index (κ2) is 3.57. The third-order valence-electron chi connectivity index (χ3n) is 4.00. The lowest BCUT2D eigenvalue weighted by Gasteiger charge is -2.36. The van der Waals surface area contributed by atoms with Crippen LogP contribution in [0.15, 0.2) is 12.4 Å². The third-order valence-corrected chi connectivity index (χ3v) is 4.00. The van der Waals surface area contributed by atoms with Gasteiger partial charge in [0.05, 0.1) is 5.60 Å². The molecule has 0 aliphatic carbocycles. The minimum atomic E-state index is -0.545. The van der Waals surface area contributed by atoms with E-state index in [2.05, 4.69) is 10.3 Å². The van der Waals surface area contributed by atoms with E-state index in [4.69, 9.17) is 0 Å². The normalized spacial score (nSPS) is 37.9. The first-order chi connectivity index (χ1) is 7.65. The molecular formula is C12H19N3O. The molecule has 1 aromatic rings. The van der Waals surface area contributed by atoms with E-state index < -0.39 is 5.60 Å².